The van der Waals surface area contributed by atoms with Crippen LogP contribution in [0.25, 0.3) is 0 Å². The third-order valence-electron chi connectivity index (χ3n) is 4.70. The molecule has 0 bridgehead atoms. The zero-order valence-corrected chi connectivity index (χ0v) is 16.3. The van der Waals surface area contributed by atoms with Crippen LogP contribution in [0.1, 0.15) is 44.6 Å². The summed E-state index contributed by atoms with van der Waals surface area (Å²) in [5, 5.41) is -0.396. The average molecular weight is 327 g/mol. The van der Waals surface area contributed by atoms with Gasteiger partial charge >= 0.3 is 5.97 Å². The van der Waals surface area contributed by atoms with Gasteiger partial charge in [0.15, 0.2) is 0 Å². The van der Waals surface area contributed by atoms with E-state index in [0.29, 0.717) is 5.75 Å². The molecule has 2 rings (SSSR count). The first kappa shape index (κ1) is 17.5. The van der Waals surface area contributed by atoms with Gasteiger partial charge in [-0.1, -0.05) is 68.8 Å². The van der Waals surface area contributed by atoms with Crippen molar-refractivity contribution in [3.8, 4) is 5.75 Å². The summed E-state index contributed by atoms with van der Waals surface area (Å²) >= 11 is 0. The van der Waals surface area contributed by atoms with E-state index in [2.05, 4.69) is 38.1 Å². The molecule has 2 aromatic rings. The van der Waals surface area contributed by atoms with Crippen LogP contribution in [0.5, 0.6) is 5.75 Å². The number of ether oxygens (including phenoxy) is 1. The summed E-state index contributed by atoms with van der Waals surface area (Å²) in [6.45, 7) is 4.28. The largest absolute Gasteiger partial charge is 0.426 e. The Morgan fingerprint density at radius 1 is 1.04 bits per heavy atom. The van der Waals surface area contributed by atoms with Crippen LogP contribution >= 0.6 is 0 Å². The van der Waals surface area contributed by atoms with Crippen molar-refractivity contribution in [3.63, 3.8) is 0 Å². The SMILES string of the molecule is CCCC(c1ccccc1)C([SiH3])(CC)C(=O)Oc1ccccc1. The molecule has 0 aliphatic rings. The highest BCUT2D eigenvalue weighted by Crippen LogP contribution is 2.46. The topological polar surface area (TPSA) is 26.3 Å². The molecule has 3 heteroatoms. The Morgan fingerprint density at radius 2 is 1.61 bits per heavy atom. The van der Waals surface area contributed by atoms with Gasteiger partial charge in [-0.15, -0.1) is 0 Å². The molecule has 2 unspecified atom stereocenters. The molecule has 23 heavy (non-hydrogen) atoms. The van der Waals surface area contributed by atoms with E-state index in [-0.39, 0.29) is 11.9 Å². The molecule has 2 nitrogen and oxygen atoms in total. The van der Waals surface area contributed by atoms with E-state index in [4.69, 9.17) is 4.74 Å². The zero-order valence-electron chi connectivity index (χ0n) is 14.3. The summed E-state index contributed by atoms with van der Waals surface area (Å²) in [4.78, 5) is 13.0. The lowest BCUT2D eigenvalue weighted by atomic mass is 9.80. The monoisotopic (exact) mass is 326 g/mol. The Hall–Kier alpha value is -1.87. The van der Waals surface area contributed by atoms with Gasteiger partial charge in [0.1, 0.15) is 5.75 Å². The summed E-state index contributed by atoms with van der Waals surface area (Å²) in [5.74, 6) is 0.774. The van der Waals surface area contributed by atoms with Gasteiger partial charge in [-0.05, 0) is 36.5 Å². The molecule has 0 aliphatic heterocycles. The molecule has 0 saturated carbocycles. The predicted molar refractivity (Wildman–Crippen MR) is 99.1 cm³/mol. The molecule has 0 aromatic heterocycles. The Balaban J connectivity index is 2.30. The second kappa shape index (κ2) is 8.11. The standard InChI is InChI=1S/C20H26O2Si/c1-3-11-18(16-12-7-5-8-13-16)20(23,4-2)19(21)22-17-14-9-6-10-15-17/h5-10,12-15,18H,3-4,11H2,1-2,23H3. The van der Waals surface area contributed by atoms with E-state index < -0.39 is 5.04 Å². The van der Waals surface area contributed by atoms with Gasteiger partial charge < -0.3 is 4.74 Å². The van der Waals surface area contributed by atoms with Crippen LogP contribution in [0, 0.1) is 0 Å². The van der Waals surface area contributed by atoms with Crippen molar-refractivity contribution in [2.45, 2.75) is 44.1 Å². The average Bonchev–Trinajstić information content (AvgIpc) is 2.60. The molecule has 0 aliphatic carbocycles. The van der Waals surface area contributed by atoms with Gasteiger partial charge in [-0.2, -0.15) is 0 Å². The molecule has 0 saturated heterocycles. The Kier molecular flexibility index (Phi) is 6.17. The van der Waals surface area contributed by atoms with Crippen LogP contribution in [0.4, 0.5) is 0 Å². The first-order chi connectivity index (χ1) is 11.1. The number of hydrogen-bond acceptors (Lipinski definition) is 2. The van der Waals surface area contributed by atoms with Crippen molar-refractivity contribution in [1.29, 1.82) is 0 Å². The maximum absolute atomic E-state index is 13.0. The molecule has 0 N–H and O–H groups in total. The second-order valence-corrected chi connectivity index (χ2v) is 8.01. The number of esters is 1. The smallest absolute Gasteiger partial charge is 0.314 e. The maximum Gasteiger partial charge on any atom is 0.314 e. The van der Waals surface area contributed by atoms with Crippen LogP contribution in [0.2, 0.25) is 5.04 Å². The molecule has 2 atom stereocenters. The van der Waals surface area contributed by atoms with Gasteiger partial charge in [0.25, 0.3) is 0 Å². The molecular weight excluding hydrogens is 300 g/mol. The van der Waals surface area contributed by atoms with Gasteiger partial charge in [-0.3, -0.25) is 4.79 Å². The fraction of sp³-hybridized carbons (Fsp3) is 0.350. The fourth-order valence-electron chi connectivity index (χ4n) is 3.07. The van der Waals surface area contributed by atoms with Crippen molar-refractivity contribution in [2.75, 3.05) is 0 Å². The number of carbonyl (C=O) groups is 1. The summed E-state index contributed by atoms with van der Waals surface area (Å²) in [6.07, 6.45) is 2.87. The third-order valence-corrected chi connectivity index (χ3v) is 6.52. The van der Waals surface area contributed by atoms with Crippen molar-refractivity contribution in [1.82, 2.24) is 0 Å². The molecular formula is C20H26O2Si. The van der Waals surface area contributed by atoms with Crippen molar-refractivity contribution >= 4 is 16.2 Å². The molecule has 2 aromatic carbocycles. The number of benzene rings is 2. The Bertz CT molecular complexity index is 612. The maximum atomic E-state index is 13.0. The van der Waals surface area contributed by atoms with Gasteiger partial charge in [0, 0.05) is 10.2 Å². The minimum atomic E-state index is -0.396. The summed E-state index contributed by atoms with van der Waals surface area (Å²) in [6, 6.07) is 19.8. The number of hydrogen-bond donors (Lipinski definition) is 0. The summed E-state index contributed by atoms with van der Waals surface area (Å²) in [7, 11) is 0.771. The van der Waals surface area contributed by atoms with E-state index >= 15 is 0 Å². The minimum absolute atomic E-state index is 0.0832. The normalized spacial score (nSPS) is 14.9. The first-order valence-corrected chi connectivity index (χ1v) is 9.44. The highest BCUT2D eigenvalue weighted by molar-refractivity contribution is 6.28. The van der Waals surface area contributed by atoms with Crippen LogP contribution in [0.3, 0.4) is 0 Å². The van der Waals surface area contributed by atoms with E-state index in [9.17, 15) is 4.79 Å². The molecule has 0 radical (unpaired) electrons. The minimum Gasteiger partial charge on any atom is -0.426 e. The third kappa shape index (κ3) is 4.11. The second-order valence-electron chi connectivity index (χ2n) is 6.23. The van der Waals surface area contributed by atoms with Gasteiger partial charge in [0.2, 0.25) is 0 Å². The lowest BCUT2D eigenvalue weighted by molar-refractivity contribution is -0.138. The first-order valence-electron chi connectivity index (χ1n) is 8.44. The van der Waals surface area contributed by atoms with Gasteiger partial charge in [0.05, 0.1) is 5.04 Å². The zero-order chi connectivity index (χ0) is 16.7. The summed E-state index contributed by atoms with van der Waals surface area (Å²) < 4.78 is 5.71. The molecule has 0 fully saturated rings. The highest BCUT2D eigenvalue weighted by atomic mass is 28.1. The van der Waals surface area contributed by atoms with E-state index in [0.717, 1.165) is 29.5 Å². The molecule has 0 spiro atoms. The van der Waals surface area contributed by atoms with Crippen LogP contribution in [-0.4, -0.2) is 16.2 Å². The van der Waals surface area contributed by atoms with Crippen LogP contribution in [-0.2, 0) is 4.79 Å². The molecule has 122 valence electrons. The van der Waals surface area contributed by atoms with Crippen molar-refractivity contribution in [2.24, 2.45) is 0 Å². The highest BCUT2D eigenvalue weighted by Gasteiger charge is 2.41. The lowest BCUT2D eigenvalue weighted by Gasteiger charge is -2.35. The Labute approximate surface area is 142 Å². The molecule has 0 amide bonds. The van der Waals surface area contributed by atoms with Crippen LogP contribution < -0.4 is 4.74 Å². The lowest BCUT2D eigenvalue weighted by Crippen LogP contribution is -2.34. The predicted octanol–water partition coefficient (Wildman–Crippen LogP) is 4.11. The van der Waals surface area contributed by atoms with Crippen LogP contribution in [0.15, 0.2) is 60.7 Å². The van der Waals surface area contributed by atoms with E-state index in [1.807, 2.05) is 36.4 Å². The Morgan fingerprint density at radius 3 is 2.13 bits per heavy atom. The summed E-state index contributed by atoms with van der Waals surface area (Å²) in [5.41, 5.74) is 1.25. The van der Waals surface area contributed by atoms with E-state index in [1.165, 1.54) is 5.56 Å². The number of para-hydroxylation sites is 1. The van der Waals surface area contributed by atoms with E-state index in [1.54, 1.807) is 0 Å². The number of rotatable bonds is 7. The van der Waals surface area contributed by atoms with Gasteiger partial charge in [-0.25, -0.2) is 0 Å². The van der Waals surface area contributed by atoms with Crippen molar-refractivity contribution < 1.29 is 9.53 Å². The molecule has 0 heterocycles. The quantitative estimate of drug-likeness (QED) is 0.435. The fourth-order valence-corrected chi connectivity index (χ4v) is 3.80. The van der Waals surface area contributed by atoms with Crippen molar-refractivity contribution in [3.05, 3.63) is 66.2 Å². The number of carbonyl (C=O) groups excluding carboxylic acids is 1.